The van der Waals surface area contributed by atoms with Crippen LogP contribution in [0.15, 0.2) is 88.9 Å². The molecule has 0 aliphatic carbocycles. The van der Waals surface area contributed by atoms with Crippen molar-refractivity contribution in [1.29, 1.82) is 0 Å². The van der Waals surface area contributed by atoms with E-state index in [1.807, 2.05) is 56.3 Å². The molecule has 3 aromatic carbocycles. The van der Waals surface area contributed by atoms with E-state index < -0.39 is 15.9 Å². The smallest absolute Gasteiger partial charge is 0.255 e. The number of hydrogen-bond donors (Lipinski definition) is 1. The second kappa shape index (κ2) is 12.6. The standard InChI is InChI=1S/C31H33ClN4O3S/c1-22-9-8-10-23(2)31(22)36-24(3)19-27(25(36)4)20-33-34-30(37)21-35(18-17-26-11-6-5-7-12-26)40(38,39)29-15-13-28(32)14-16-29/h5-16,19-20H,17-18,21H2,1-4H3,(H,34,37)/b33-20+. The lowest BCUT2D eigenvalue weighted by Crippen LogP contribution is -2.40. The van der Waals surface area contributed by atoms with Crippen LogP contribution in [0.1, 0.15) is 33.6 Å². The van der Waals surface area contributed by atoms with Gasteiger partial charge in [0, 0.05) is 28.5 Å². The molecular formula is C31H33ClN4O3S. The number of sulfonamides is 1. The molecule has 0 fully saturated rings. The van der Waals surface area contributed by atoms with Crippen LogP contribution in [0.3, 0.4) is 0 Å². The van der Waals surface area contributed by atoms with Crippen molar-refractivity contribution in [3.8, 4) is 5.69 Å². The molecule has 40 heavy (non-hydrogen) atoms. The van der Waals surface area contributed by atoms with Crippen LogP contribution >= 0.6 is 11.6 Å². The van der Waals surface area contributed by atoms with Crippen molar-refractivity contribution < 1.29 is 13.2 Å². The first-order chi connectivity index (χ1) is 19.1. The van der Waals surface area contributed by atoms with E-state index >= 15 is 0 Å². The first kappa shape index (κ1) is 29.3. The number of hydrazone groups is 1. The van der Waals surface area contributed by atoms with Crippen LogP contribution in [0.4, 0.5) is 0 Å². The number of aryl methyl sites for hydroxylation is 3. The number of para-hydroxylation sites is 1. The predicted molar refractivity (Wildman–Crippen MR) is 161 cm³/mol. The normalized spacial score (nSPS) is 11.8. The van der Waals surface area contributed by atoms with Gasteiger partial charge < -0.3 is 4.57 Å². The monoisotopic (exact) mass is 576 g/mol. The minimum atomic E-state index is -3.95. The Bertz CT molecular complexity index is 1610. The maximum Gasteiger partial charge on any atom is 0.255 e. The molecule has 0 saturated carbocycles. The van der Waals surface area contributed by atoms with Gasteiger partial charge in [-0.05, 0) is 81.1 Å². The van der Waals surface area contributed by atoms with Crippen molar-refractivity contribution in [2.75, 3.05) is 13.1 Å². The number of amides is 1. The lowest BCUT2D eigenvalue weighted by molar-refractivity contribution is -0.121. The molecule has 0 unspecified atom stereocenters. The summed E-state index contributed by atoms with van der Waals surface area (Å²) in [5.74, 6) is -0.537. The van der Waals surface area contributed by atoms with Gasteiger partial charge in [-0.2, -0.15) is 9.41 Å². The minimum Gasteiger partial charge on any atom is -0.317 e. The van der Waals surface area contributed by atoms with Crippen molar-refractivity contribution in [1.82, 2.24) is 14.3 Å². The summed E-state index contributed by atoms with van der Waals surface area (Å²) in [6.07, 6.45) is 2.04. The Kier molecular flexibility index (Phi) is 9.25. The van der Waals surface area contributed by atoms with Crippen LogP contribution in [-0.4, -0.2) is 42.5 Å². The first-order valence-electron chi connectivity index (χ1n) is 12.9. The molecule has 4 aromatic rings. The summed E-state index contributed by atoms with van der Waals surface area (Å²) < 4.78 is 30.2. The zero-order chi connectivity index (χ0) is 28.9. The molecule has 4 rings (SSSR count). The van der Waals surface area contributed by atoms with Crippen LogP contribution in [-0.2, 0) is 21.2 Å². The summed E-state index contributed by atoms with van der Waals surface area (Å²) in [5, 5.41) is 4.59. The number of rotatable bonds is 10. The fourth-order valence-corrected chi connectivity index (χ4v) is 6.25. The molecule has 0 radical (unpaired) electrons. The molecule has 0 bridgehead atoms. The maximum atomic E-state index is 13.4. The van der Waals surface area contributed by atoms with E-state index in [9.17, 15) is 13.2 Å². The van der Waals surface area contributed by atoms with Crippen molar-refractivity contribution in [3.63, 3.8) is 0 Å². The number of hydrogen-bond acceptors (Lipinski definition) is 4. The second-order valence-electron chi connectivity index (χ2n) is 9.72. The summed E-state index contributed by atoms with van der Waals surface area (Å²) in [6.45, 7) is 7.94. The van der Waals surface area contributed by atoms with Gasteiger partial charge in [-0.25, -0.2) is 13.8 Å². The predicted octanol–water partition coefficient (Wildman–Crippen LogP) is 5.75. The molecule has 9 heteroatoms. The molecule has 0 spiro atoms. The number of benzene rings is 3. The summed E-state index contributed by atoms with van der Waals surface area (Å²) in [5.41, 5.74) is 9.82. The molecule has 0 aliphatic heterocycles. The van der Waals surface area contributed by atoms with Crippen LogP contribution in [0, 0.1) is 27.7 Å². The fraction of sp³-hybridized carbons (Fsp3) is 0.226. The summed E-state index contributed by atoms with van der Waals surface area (Å²) in [4.78, 5) is 13.0. The van der Waals surface area contributed by atoms with Gasteiger partial charge >= 0.3 is 0 Å². The molecule has 1 N–H and O–H groups in total. The van der Waals surface area contributed by atoms with Gasteiger partial charge in [0.1, 0.15) is 0 Å². The van der Waals surface area contributed by atoms with E-state index in [1.165, 1.54) is 28.6 Å². The van der Waals surface area contributed by atoms with Gasteiger partial charge in [0.15, 0.2) is 0 Å². The fourth-order valence-electron chi connectivity index (χ4n) is 4.73. The van der Waals surface area contributed by atoms with Gasteiger partial charge in [0.25, 0.3) is 5.91 Å². The number of halogens is 1. The SMILES string of the molecule is Cc1cccc(C)c1-n1c(C)cc(/C=N/NC(=O)CN(CCc2ccccc2)S(=O)(=O)c2ccc(Cl)cc2)c1C. The Balaban J connectivity index is 1.51. The Hall–Kier alpha value is -3.72. The van der Waals surface area contributed by atoms with Crippen molar-refractivity contribution in [2.24, 2.45) is 5.10 Å². The van der Waals surface area contributed by atoms with E-state index in [0.29, 0.717) is 11.4 Å². The van der Waals surface area contributed by atoms with Gasteiger partial charge in [0.05, 0.1) is 23.3 Å². The van der Waals surface area contributed by atoms with Crippen LogP contribution in [0.2, 0.25) is 5.02 Å². The van der Waals surface area contributed by atoms with E-state index in [4.69, 9.17) is 11.6 Å². The molecule has 1 heterocycles. The minimum absolute atomic E-state index is 0.0696. The zero-order valence-electron chi connectivity index (χ0n) is 23.1. The third-order valence-corrected chi connectivity index (χ3v) is 8.90. The van der Waals surface area contributed by atoms with Crippen molar-refractivity contribution in [3.05, 3.63) is 118 Å². The van der Waals surface area contributed by atoms with Gasteiger partial charge in [0.2, 0.25) is 10.0 Å². The quantitative estimate of drug-likeness (QED) is 0.193. The number of aromatic nitrogens is 1. The Morgan fingerprint density at radius 1 is 0.950 bits per heavy atom. The lowest BCUT2D eigenvalue weighted by atomic mass is 10.1. The average Bonchev–Trinajstić information content (AvgIpc) is 3.19. The number of nitrogens with zero attached hydrogens (tertiary/aromatic N) is 3. The van der Waals surface area contributed by atoms with Gasteiger partial charge in [-0.1, -0.05) is 60.1 Å². The highest BCUT2D eigenvalue weighted by atomic mass is 35.5. The summed E-state index contributed by atoms with van der Waals surface area (Å²) >= 11 is 5.96. The van der Waals surface area contributed by atoms with E-state index in [2.05, 4.69) is 41.1 Å². The third-order valence-electron chi connectivity index (χ3n) is 6.79. The molecule has 1 aromatic heterocycles. The Morgan fingerprint density at radius 3 is 2.25 bits per heavy atom. The number of carbonyl (C=O) groups excluding carboxylic acids is 1. The summed E-state index contributed by atoms with van der Waals surface area (Å²) in [7, 11) is -3.95. The first-order valence-corrected chi connectivity index (χ1v) is 14.8. The Morgan fingerprint density at radius 2 is 1.60 bits per heavy atom. The topological polar surface area (TPSA) is 83.8 Å². The highest BCUT2D eigenvalue weighted by Crippen LogP contribution is 2.25. The van der Waals surface area contributed by atoms with Crippen LogP contribution < -0.4 is 5.43 Å². The number of carbonyl (C=O) groups is 1. The maximum absolute atomic E-state index is 13.4. The molecule has 1 amide bonds. The molecule has 0 atom stereocenters. The van der Waals surface area contributed by atoms with E-state index in [1.54, 1.807) is 6.21 Å². The lowest BCUT2D eigenvalue weighted by Gasteiger charge is -2.21. The highest BCUT2D eigenvalue weighted by molar-refractivity contribution is 7.89. The van der Waals surface area contributed by atoms with E-state index in [-0.39, 0.29) is 18.0 Å². The zero-order valence-corrected chi connectivity index (χ0v) is 24.6. The molecular weight excluding hydrogens is 544 g/mol. The summed E-state index contributed by atoms with van der Waals surface area (Å²) in [6, 6.07) is 23.7. The van der Waals surface area contributed by atoms with E-state index in [0.717, 1.165) is 39.3 Å². The second-order valence-corrected chi connectivity index (χ2v) is 12.1. The van der Waals surface area contributed by atoms with Crippen molar-refractivity contribution in [2.45, 2.75) is 39.0 Å². The van der Waals surface area contributed by atoms with Gasteiger partial charge in [-0.3, -0.25) is 4.79 Å². The van der Waals surface area contributed by atoms with Crippen LogP contribution in [0.25, 0.3) is 5.69 Å². The molecule has 7 nitrogen and oxygen atoms in total. The van der Waals surface area contributed by atoms with Crippen LogP contribution in [0.5, 0.6) is 0 Å². The average molecular weight is 577 g/mol. The van der Waals surface area contributed by atoms with Crippen molar-refractivity contribution >= 4 is 33.7 Å². The molecule has 0 aliphatic rings. The Labute approximate surface area is 241 Å². The van der Waals surface area contributed by atoms with Gasteiger partial charge in [-0.15, -0.1) is 0 Å². The number of nitrogens with one attached hydrogen (secondary N) is 1. The third kappa shape index (κ3) is 6.70. The molecule has 0 saturated heterocycles. The molecule has 208 valence electrons. The largest absolute Gasteiger partial charge is 0.317 e. The highest BCUT2D eigenvalue weighted by Gasteiger charge is 2.26.